The van der Waals surface area contributed by atoms with E-state index in [1.165, 1.54) is 43.5 Å². The summed E-state index contributed by atoms with van der Waals surface area (Å²) in [4.78, 5) is 20.7. The summed E-state index contributed by atoms with van der Waals surface area (Å²) >= 11 is 0. The zero-order chi connectivity index (χ0) is 18.9. The highest BCUT2D eigenvalue weighted by atomic mass is 16.2. The number of piperidine rings is 1. The number of benzene rings is 1. The fourth-order valence-corrected chi connectivity index (χ4v) is 5.42. The highest BCUT2D eigenvalue weighted by molar-refractivity contribution is 5.88. The molecule has 1 aliphatic carbocycles. The van der Waals surface area contributed by atoms with E-state index in [4.69, 9.17) is 0 Å². The van der Waals surface area contributed by atoms with E-state index >= 15 is 0 Å². The molecule has 2 saturated heterocycles. The fraction of sp³-hybridized carbons (Fsp3) is 0.696. The zero-order valence-electron chi connectivity index (χ0n) is 17.1. The molecule has 0 N–H and O–H groups in total. The molecule has 0 radical (unpaired) electrons. The van der Waals surface area contributed by atoms with Gasteiger partial charge in [-0.2, -0.15) is 0 Å². The van der Waals surface area contributed by atoms with Gasteiger partial charge in [0.1, 0.15) is 0 Å². The third-order valence-electron chi connectivity index (χ3n) is 7.26. The van der Waals surface area contributed by atoms with Gasteiger partial charge in [-0.05, 0) is 63.7 Å². The number of hydrogen-bond acceptors (Lipinski definition) is 3. The first kappa shape index (κ1) is 18.9. The smallest absolute Gasteiger partial charge is 0.233 e. The molecule has 0 bridgehead atoms. The van der Waals surface area contributed by atoms with Crippen molar-refractivity contribution in [3.05, 3.63) is 35.4 Å². The number of piperazine rings is 1. The van der Waals surface area contributed by atoms with E-state index < -0.39 is 0 Å². The van der Waals surface area contributed by atoms with Gasteiger partial charge in [-0.15, -0.1) is 0 Å². The molecule has 2 fully saturated rings. The Hall–Kier alpha value is -1.39. The second kappa shape index (κ2) is 7.92. The van der Waals surface area contributed by atoms with Gasteiger partial charge < -0.3 is 9.80 Å². The van der Waals surface area contributed by atoms with E-state index in [0.29, 0.717) is 11.9 Å². The van der Waals surface area contributed by atoms with Crippen molar-refractivity contribution in [2.24, 2.45) is 0 Å². The largest absolute Gasteiger partial charge is 0.339 e. The monoisotopic (exact) mass is 369 g/mol. The van der Waals surface area contributed by atoms with Crippen LogP contribution in [0.2, 0.25) is 0 Å². The highest BCUT2D eigenvalue weighted by Gasteiger charge is 2.42. The van der Waals surface area contributed by atoms with Crippen molar-refractivity contribution >= 4 is 5.91 Å². The van der Waals surface area contributed by atoms with Crippen molar-refractivity contribution in [3.8, 4) is 0 Å². The minimum absolute atomic E-state index is 0.333. The SMILES string of the molecule is CN1CCCC[C@H]1CN1CCN(C(=O)[C@]2(C)CCCc3ccccc32)CC1. The Morgan fingerprint density at radius 1 is 1.07 bits per heavy atom. The highest BCUT2D eigenvalue weighted by Crippen LogP contribution is 2.38. The average Bonchev–Trinajstić information content (AvgIpc) is 2.70. The van der Waals surface area contributed by atoms with Gasteiger partial charge in [0.25, 0.3) is 0 Å². The van der Waals surface area contributed by atoms with Gasteiger partial charge in [-0.25, -0.2) is 0 Å². The van der Waals surface area contributed by atoms with E-state index in [9.17, 15) is 4.79 Å². The molecule has 27 heavy (non-hydrogen) atoms. The molecule has 1 amide bonds. The number of nitrogens with zero attached hydrogens (tertiary/aromatic N) is 3. The van der Waals surface area contributed by atoms with Crippen molar-refractivity contribution in [3.63, 3.8) is 0 Å². The maximum absolute atomic E-state index is 13.5. The van der Waals surface area contributed by atoms with Gasteiger partial charge in [-0.1, -0.05) is 30.7 Å². The van der Waals surface area contributed by atoms with E-state index in [2.05, 4.69) is 52.9 Å². The molecule has 3 aliphatic rings. The number of likely N-dealkylation sites (N-methyl/N-ethyl adjacent to an activating group) is 1. The molecule has 4 rings (SSSR count). The lowest BCUT2D eigenvalue weighted by Crippen LogP contribution is -2.56. The Bertz CT molecular complexity index is 667. The van der Waals surface area contributed by atoms with Crippen molar-refractivity contribution in [2.45, 2.75) is 56.9 Å². The molecule has 0 saturated carbocycles. The quantitative estimate of drug-likeness (QED) is 0.820. The van der Waals surface area contributed by atoms with Crippen LogP contribution in [0.4, 0.5) is 0 Å². The third kappa shape index (κ3) is 3.79. The molecule has 1 aromatic carbocycles. The summed E-state index contributed by atoms with van der Waals surface area (Å²) in [5.74, 6) is 0.351. The second-order valence-electron chi connectivity index (χ2n) is 9.07. The van der Waals surface area contributed by atoms with Gasteiger partial charge in [0.05, 0.1) is 5.41 Å². The number of likely N-dealkylation sites (tertiary alicyclic amines) is 1. The summed E-state index contributed by atoms with van der Waals surface area (Å²) in [7, 11) is 2.27. The molecule has 4 nitrogen and oxygen atoms in total. The molecule has 0 aromatic heterocycles. The number of aryl methyl sites for hydroxylation is 1. The first-order valence-electron chi connectivity index (χ1n) is 10.9. The van der Waals surface area contributed by atoms with Crippen molar-refractivity contribution in [2.75, 3.05) is 46.3 Å². The summed E-state index contributed by atoms with van der Waals surface area (Å²) in [5.41, 5.74) is 2.31. The Balaban J connectivity index is 1.38. The van der Waals surface area contributed by atoms with Crippen LogP contribution >= 0.6 is 0 Å². The topological polar surface area (TPSA) is 26.8 Å². The van der Waals surface area contributed by atoms with Gasteiger partial charge in [0, 0.05) is 38.8 Å². The number of carbonyl (C=O) groups excluding carboxylic acids is 1. The van der Waals surface area contributed by atoms with Crippen LogP contribution in [0.5, 0.6) is 0 Å². The van der Waals surface area contributed by atoms with Crippen molar-refractivity contribution in [1.82, 2.24) is 14.7 Å². The number of amides is 1. The van der Waals surface area contributed by atoms with Gasteiger partial charge >= 0.3 is 0 Å². The van der Waals surface area contributed by atoms with Crippen molar-refractivity contribution in [1.29, 1.82) is 0 Å². The molecular weight excluding hydrogens is 334 g/mol. The summed E-state index contributed by atoms with van der Waals surface area (Å²) in [6, 6.07) is 9.29. The van der Waals surface area contributed by atoms with E-state index in [0.717, 1.165) is 45.4 Å². The molecule has 148 valence electrons. The zero-order valence-corrected chi connectivity index (χ0v) is 17.1. The summed E-state index contributed by atoms with van der Waals surface area (Å²) in [6.07, 6.45) is 7.25. The second-order valence-corrected chi connectivity index (χ2v) is 9.07. The van der Waals surface area contributed by atoms with Gasteiger partial charge in [0.15, 0.2) is 0 Å². The van der Waals surface area contributed by atoms with Gasteiger partial charge in [0.2, 0.25) is 5.91 Å². The van der Waals surface area contributed by atoms with Crippen LogP contribution in [0.1, 0.15) is 50.2 Å². The minimum Gasteiger partial charge on any atom is -0.339 e. The molecule has 2 heterocycles. The molecule has 2 aliphatic heterocycles. The van der Waals surface area contributed by atoms with Crippen LogP contribution in [0.25, 0.3) is 0 Å². The molecule has 1 aromatic rings. The lowest BCUT2D eigenvalue weighted by atomic mass is 9.70. The number of rotatable bonds is 3. The standard InChI is InChI=1S/C23H35N3O/c1-23(12-7-9-19-8-3-4-11-21(19)23)22(27)26-16-14-25(15-17-26)18-20-10-5-6-13-24(20)2/h3-4,8,11,20H,5-7,9-10,12-18H2,1-2H3/t20-,23+/m0/s1. The Morgan fingerprint density at radius 3 is 2.63 bits per heavy atom. The van der Waals surface area contributed by atoms with Crippen LogP contribution in [0, 0.1) is 0 Å². The van der Waals surface area contributed by atoms with Crippen molar-refractivity contribution < 1.29 is 4.79 Å². The summed E-state index contributed by atoms with van der Waals surface area (Å²) in [5, 5.41) is 0. The third-order valence-corrected chi connectivity index (χ3v) is 7.26. The maximum atomic E-state index is 13.5. The Kier molecular flexibility index (Phi) is 5.56. The molecule has 4 heteroatoms. The molecular formula is C23H35N3O. The molecule has 2 atom stereocenters. The lowest BCUT2D eigenvalue weighted by molar-refractivity contribution is -0.139. The first-order valence-corrected chi connectivity index (χ1v) is 10.9. The van der Waals surface area contributed by atoms with Crippen LogP contribution in [0.15, 0.2) is 24.3 Å². The fourth-order valence-electron chi connectivity index (χ4n) is 5.42. The maximum Gasteiger partial charge on any atom is 0.233 e. The Labute approximate surface area is 164 Å². The first-order chi connectivity index (χ1) is 13.1. The number of carbonyl (C=O) groups is 1. The predicted molar refractivity (Wildman–Crippen MR) is 110 cm³/mol. The van der Waals surface area contributed by atoms with Crippen LogP contribution in [0.3, 0.4) is 0 Å². The van der Waals surface area contributed by atoms with Gasteiger partial charge in [-0.3, -0.25) is 9.69 Å². The Morgan fingerprint density at radius 2 is 1.85 bits per heavy atom. The molecule has 0 spiro atoms. The number of fused-ring (bicyclic) bond motifs is 1. The van der Waals surface area contributed by atoms with E-state index in [1.807, 2.05) is 0 Å². The van der Waals surface area contributed by atoms with Crippen LogP contribution < -0.4 is 0 Å². The van der Waals surface area contributed by atoms with Crippen LogP contribution in [-0.2, 0) is 16.6 Å². The van der Waals surface area contributed by atoms with E-state index in [1.54, 1.807) is 0 Å². The predicted octanol–water partition coefficient (Wildman–Crippen LogP) is 2.91. The summed E-state index contributed by atoms with van der Waals surface area (Å²) in [6.45, 7) is 8.39. The lowest BCUT2D eigenvalue weighted by Gasteiger charge is -2.43. The van der Waals surface area contributed by atoms with E-state index in [-0.39, 0.29) is 5.41 Å². The van der Waals surface area contributed by atoms with Crippen LogP contribution in [-0.4, -0.2) is 73.0 Å². The average molecular weight is 370 g/mol. The minimum atomic E-state index is -0.333. The summed E-state index contributed by atoms with van der Waals surface area (Å²) < 4.78 is 0. The molecule has 0 unspecified atom stereocenters. The number of hydrogen-bond donors (Lipinski definition) is 0. The normalized spacial score (nSPS) is 30.1.